The monoisotopic (exact) mass is 457 g/mol. The molecule has 2 heterocycles. The average molecular weight is 458 g/mol. The first kappa shape index (κ1) is 22.1. The van der Waals surface area contributed by atoms with Crippen molar-refractivity contribution < 1.29 is 18.0 Å². The van der Waals surface area contributed by atoms with E-state index in [4.69, 9.17) is 8.37 Å². The minimum atomic E-state index is -2.08. The van der Waals surface area contributed by atoms with E-state index in [1.54, 1.807) is 11.8 Å². The van der Waals surface area contributed by atoms with Crippen molar-refractivity contribution >= 4 is 45.1 Å². The summed E-state index contributed by atoms with van der Waals surface area (Å²) in [5, 5.41) is 6.01. The molecular weight excluding hydrogens is 430 g/mol. The summed E-state index contributed by atoms with van der Waals surface area (Å²) in [5.74, 6) is 6.77. The number of fused-ring (bicyclic) bond motifs is 1. The van der Waals surface area contributed by atoms with Crippen LogP contribution < -0.4 is 5.32 Å². The van der Waals surface area contributed by atoms with Crippen LogP contribution in [0.4, 0.5) is 0 Å². The molecule has 2 aliphatic heterocycles. The Labute approximate surface area is 189 Å². The first-order valence-electron chi connectivity index (χ1n) is 10.6. The third-order valence-electron chi connectivity index (χ3n) is 5.53. The maximum Gasteiger partial charge on any atom is 0.441 e. The second-order valence-corrected chi connectivity index (χ2v) is 12.0. The Hall–Kier alpha value is -2.14. The molecular formula is C24H27NO4S2. The van der Waals surface area contributed by atoms with E-state index in [1.807, 2.05) is 0 Å². The van der Waals surface area contributed by atoms with Gasteiger partial charge in [-0.1, -0.05) is 65.9 Å². The Kier molecular flexibility index (Phi) is 7.11. The number of rotatable bonds is 6. The molecule has 0 aliphatic carbocycles. The fourth-order valence-electron chi connectivity index (χ4n) is 3.99. The minimum Gasteiger partial charge on any atom is -0.333 e. The van der Waals surface area contributed by atoms with Crippen LogP contribution >= 0.6 is 22.4 Å². The molecule has 31 heavy (non-hydrogen) atoms. The SMILES string of the molecule is CC(CNCC#CCCC1SCCCS12OC(=O)C(=O)O2)c1cccc2ccccc12. The summed E-state index contributed by atoms with van der Waals surface area (Å²) >= 11 is 1.73. The molecule has 1 spiro atoms. The van der Waals surface area contributed by atoms with E-state index in [9.17, 15) is 9.59 Å². The van der Waals surface area contributed by atoms with Crippen LogP contribution in [0.25, 0.3) is 10.8 Å². The van der Waals surface area contributed by atoms with Gasteiger partial charge in [-0.05, 0) is 40.8 Å². The summed E-state index contributed by atoms with van der Waals surface area (Å²) in [5.41, 5.74) is 1.35. The zero-order chi connectivity index (χ0) is 21.7. The lowest BCUT2D eigenvalue weighted by Gasteiger charge is -2.44. The minimum absolute atomic E-state index is 0.0327. The van der Waals surface area contributed by atoms with Crippen LogP contribution in [0.3, 0.4) is 0 Å². The highest BCUT2D eigenvalue weighted by molar-refractivity contribution is 8.35. The molecule has 0 saturated carbocycles. The van der Waals surface area contributed by atoms with Gasteiger partial charge in [-0.25, -0.2) is 9.59 Å². The van der Waals surface area contributed by atoms with Gasteiger partial charge in [-0.3, -0.25) is 0 Å². The van der Waals surface area contributed by atoms with Gasteiger partial charge in [0, 0.05) is 13.0 Å². The van der Waals surface area contributed by atoms with Crippen molar-refractivity contribution in [3.8, 4) is 11.8 Å². The van der Waals surface area contributed by atoms with E-state index < -0.39 is 22.5 Å². The Bertz CT molecular complexity index is 1010. The fraction of sp³-hybridized carbons (Fsp3) is 0.417. The largest absolute Gasteiger partial charge is 0.441 e. The molecule has 164 valence electrons. The summed E-state index contributed by atoms with van der Waals surface area (Å²) in [6.07, 6.45) is 2.36. The summed E-state index contributed by atoms with van der Waals surface area (Å²) in [6.45, 7) is 3.73. The van der Waals surface area contributed by atoms with E-state index in [-0.39, 0.29) is 4.58 Å². The van der Waals surface area contributed by atoms with Crippen LogP contribution in [-0.2, 0) is 18.0 Å². The summed E-state index contributed by atoms with van der Waals surface area (Å²) in [7, 11) is -2.08. The highest BCUT2D eigenvalue weighted by atomic mass is 32.3. The molecule has 1 N–H and O–H groups in total. The van der Waals surface area contributed by atoms with Gasteiger partial charge < -0.3 is 13.7 Å². The van der Waals surface area contributed by atoms with Gasteiger partial charge in [0.2, 0.25) is 0 Å². The Morgan fingerprint density at radius 2 is 1.90 bits per heavy atom. The van der Waals surface area contributed by atoms with Crippen molar-refractivity contribution in [3.05, 3.63) is 48.0 Å². The van der Waals surface area contributed by atoms with Crippen LogP contribution in [0, 0.1) is 11.8 Å². The second-order valence-electron chi connectivity index (χ2n) is 7.76. The quantitative estimate of drug-likeness (QED) is 0.391. The molecule has 2 fully saturated rings. The van der Waals surface area contributed by atoms with Crippen molar-refractivity contribution in [1.82, 2.24) is 5.32 Å². The van der Waals surface area contributed by atoms with Crippen LogP contribution in [0.1, 0.15) is 37.7 Å². The number of nitrogens with one attached hydrogen (secondary N) is 1. The van der Waals surface area contributed by atoms with Gasteiger partial charge in [-0.15, -0.1) is 17.7 Å². The molecule has 2 aliphatic rings. The Morgan fingerprint density at radius 3 is 2.74 bits per heavy atom. The fourth-order valence-corrected chi connectivity index (χ4v) is 9.02. The van der Waals surface area contributed by atoms with Crippen LogP contribution in [-0.4, -0.2) is 41.1 Å². The summed E-state index contributed by atoms with van der Waals surface area (Å²) in [6, 6.07) is 14.9. The normalized spacial score (nSPS) is 21.8. The molecule has 0 amide bonds. The molecule has 0 aromatic heterocycles. The van der Waals surface area contributed by atoms with Gasteiger partial charge in [0.15, 0.2) is 0 Å². The lowest BCUT2D eigenvalue weighted by atomic mass is 9.95. The topological polar surface area (TPSA) is 64.6 Å². The van der Waals surface area contributed by atoms with Gasteiger partial charge >= 0.3 is 11.9 Å². The second kappa shape index (κ2) is 9.99. The lowest BCUT2D eigenvalue weighted by molar-refractivity contribution is -0.150. The highest BCUT2D eigenvalue weighted by Gasteiger charge is 2.48. The van der Waals surface area contributed by atoms with Gasteiger partial charge in [-0.2, -0.15) is 0 Å². The Morgan fingerprint density at radius 1 is 1.13 bits per heavy atom. The van der Waals surface area contributed by atoms with E-state index in [0.29, 0.717) is 24.6 Å². The van der Waals surface area contributed by atoms with E-state index >= 15 is 0 Å². The smallest absolute Gasteiger partial charge is 0.333 e. The van der Waals surface area contributed by atoms with Gasteiger partial charge in [0.1, 0.15) is 4.58 Å². The number of hydrogen-bond acceptors (Lipinski definition) is 6. The number of carbonyl (C=O) groups is 2. The highest BCUT2D eigenvalue weighted by Crippen LogP contribution is 2.65. The van der Waals surface area contributed by atoms with Crippen LogP contribution in [0.15, 0.2) is 42.5 Å². The van der Waals surface area contributed by atoms with Crippen molar-refractivity contribution in [1.29, 1.82) is 0 Å². The van der Waals surface area contributed by atoms with Crippen molar-refractivity contribution in [2.75, 3.05) is 24.6 Å². The predicted molar refractivity (Wildman–Crippen MR) is 128 cm³/mol. The maximum absolute atomic E-state index is 11.5. The standard InChI is InChI=1S/C24H27NO4S2/c1-18(20-12-7-10-19-9-4-5-11-21(19)20)17-25-14-6-2-3-13-22-30-15-8-16-31(22)28-23(26)24(27)29-31/h4-5,7,9-12,18,22,25H,3,8,13-17H2,1H3. The van der Waals surface area contributed by atoms with Crippen molar-refractivity contribution in [2.24, 2.45) is 0 Å². The van der Waals surface area contributed by atoms with Crippen molar-refractivity contribution in [2.45, 2.75) is 36.7 Å². The Balaban J connectivity index is 1.24. The molecule has 0 bridgehead atoms. The van der Waals surface area contributed by atoms with Gasteiger partial charge in [0.05, 0.1) is 12.3 Å². The van der Waals surface area contributed by atoms with E-state index in [0.717, 1.165) is 25.1 Å². The molecule has 4 rings (SSSR count). The van der Waals surface area contributed by atoms with E-state index in [2.05, 4.69) is 66.5 Å². The average Bonchev–Trinajstić information content (AvgIpc) is 3.07. The van der Waals surface area contributed by atoms with E-state index in [1.165, 1.54) is 16.3 Å². The maximum atomic E-state index is 11.5. The predicted octanol–water partition coefficient (Wildman–Crippen LogP) is 4.51. The first-order chi connectivity index (χ1) is 15.1. The molecule has 2 atom stereocenters. The number of thioether (sulfide) groups is 1. The lowest BCUT2D eigenvalue weighted by Crippen LogP contribution is -2.24. The van der Waals surface area contributed by atoms with Gasteiger partial charge in [0.25, 0.3) is 0 Å². The zero-order valence-electron chi connectivity index (χ0n) is 17.6. The summed E-state index contributed by atoms with van der Waals surface area (Å²) in [4.78, 5) is 23.1. The molecule has 7 heteroatoms. The van der Waals surface area contributed by atoms with Crippen LogP contribution in [0.5, 0.6) is 0 Å². The molecule has 2 aromatic carbocycles. The molecule has 5 nitrogen and oxygen atoms in total. The molecule has 2 aromatic rings. The molecule has 0 radical (unpaired) electrons. The summed E-state index contributed by atoms with van der Waals surface area (Å²) < 4.78 is 10.8. The molecule has 2 saturated heterocycles. The van der Waals surface area contributed by atoms with Crippen molar-refractivity contribution in [3.63, 3.8) is 0 Å². The number of hydrogen-bond donors (Lipinski definition) is 1. The zero-order valence-corrected chi connectivity index (χ0v) is 19.2. The molecule has 2 unspecified atom stereocenters. The first-order valence-corrected chi connectivity index (χ1v) is 13.4. The number of carbonyl (C=O) groups excluding carboxylic acids is 2. The number of benzene rings is 2. The van der Waals surface area contributed by atoms with Crippen LogP contribution in [0.2, 0.25) is 0 Å². The third-order valence-corrected chi connectivity index (χ3v) is 10.7. The third kappa shape index (κ3) is 5.03.